The summed E-state index contributed by atoms with van der Waals surface area (Å²) in [6.07, 6.45) is 0.846. The fourth-order valence-electron chi connectivity index (χ4n) is 2.35. The third-order valence-electron chi connectivity index (χ3n) is 3.30. The number of nitrogens with one attached hydrogen (secondary N) is 2. The Labute approximate surface area is 112 Å². The minimum absolute atomic E-state index is 0.0856. The van der Waals surface area contributed by atoms with Gasteiger partial charge in [-0.3, -0.25) is 0 Å². The van der Waals surface area contributed by atoms with Gasteiger partial charge in [-0.1, -0.05) is 30.3 Å². The van der Waals surface area contributed by atoms with E-state index in [9.17, 15) is 4.91 Å². The van der Waals surface area contributed by atoms with Gasteiger partial charge in [-0.25, -0.2) is 0 Å². The van der Waals surface area contributed by atoms with Crippen LogP contribution in [0.5, 0.6) is 0 Å². The SMILES string of the molecule is O=[N+]1NCCC1c1cccc(Nc2ccccc2)c1. The van der Waals surface area contributed by atoms with E-state index in [1.54, 1.807) is 0 Å². The van der Waals surface area contributed by atoms with Gasteiger partial charge >= 0.3 is 0 Å². The van der Waals surface area contributed by atoms with Crippen LogP contribution in [0.3, 0.4) is 0 Å². The van der Waals surface area contributed by atoms with E-state index in [1.165, 1.54) is 0 Å². The molecule has 3 rings (SSSR count). The highest BCUT2D eigenvalue weighted by molar-refractivity contribution is 5.60. The number of para-hydroxylation sites is 1. The molecule has 4 heteroatoms. The van der Waals surface area contributed by atoms with Gasteiger partial charge in [0.05, 0.1) is 11.5 Å². The lowest BCUT2D eigenvalue weighted by Gasteiger charge is -2.08. The van der Waals surface area contributed by atoms with E-state index in [4.69, 9.17) is 0 Å². The van der Waals surface area contributed by atoms with Crippen molar-refractivity contribution in [2.24, 2.45) is 0 Å². The van der Waals surface area contributed by atoms with E-state index in [-0.39, 0.29) is 6.04 Å². The summed E-state index contributed by atoms with van der Waals surface area (Å²) < 4.78 is 0. The normalized spacial score (nSPS) is 18.1. The number of hydrogen-bond donors (Lipinski definition) is 2. The minimum atomic E-state index is -0.0856. The van der Waals surface area contributed by atoms with Crippen LogP contribution >= 0.6 is 0 Å². The molecule has 2 N–H and O–H groups in total. The first-order chi connectivity index (χ1) is 9.33. The van der Waals surface area contributed by atoms with Gasteiger partial charge in [0.2, 0.25) is 0 Å². The van der Waals surface area contributed by atoms with E-state index in [0.717, 1.165) is 34.8 Å². The molecule has 0 radical (unpaired) electrons. The van der Waals surface area contributed by atoms with Crippen molar-refractivity contribution >= 4 is 11.4 Å². The van der Waals surface area contributed by atoms with Gasteiger partial charge < -0.3 is 5.32 Å². The van der Waals surface area contributed by atoms with Gasteiger partial charge in [0.15, 0.2) is 0 Å². The Balaban J connectivity index is 1.82. The monoisotopic (exact) mass is 254 g/mol. The molecule has 1 unspecified atom stereocenters. The summed E-state index contributed by atoms with van der Waals surface area (Å²) in [5.74, 6) is 0. The van der Waals surface area contributed by atoms with Crippen LogP contribution in [0.25, 0.3) is 0 Å². The standard InChI is InChI=1S/C15H16N3O/c19-18-15(9-10-16-18)12-5-4-8-14(11-12)17-13-6-2-1-3-7-13/h1-8,11,15,17H,9-10H2,(H,16,19)/q+1. The molecule has 1 fully saturated rings. The summed E-state index contributed by atoms with van der Waals surface area (Å²) >= 11 is 0. The van der Waals surface area contributed by atoms with Crippen LogP contribution in [0.4, 0.5) is 11.4 Å². The molecule has 1 aliphatic rings. The largest absolute Gasteiger partial charge is 0.356 e. The zero-order chi connectivity index (χ0) is 13.1. The maximum atomic E-state index is 11.6. The fraction of sp³-hybridized carbons (Fsp3) is 0.200. The highest BCUT2D eigenvalue weighted by Gasteiger charge is 2.33. The lowest BCUT2D eigenvalue weighted by atomic mass is 10.0. The zero-order valence-electron chi connectivity index (χ0n) is 10.5. The van der Waals surface area contributed by atoms with Gasteiger partial charge in [0.25, 0.3) is 6.04 Å². The van der Waals surface area contributed by atoms with E-state index in [0.29, 0.717) is 0 Å². The van der Waals surface area contributed by atoms with Crippen molar-refractivity contribution in [1.82, 2.24) is 5.43 Å². The summed E-state index contributed by atoms with van der Waals surface area (Å²) in [5.41, 5.74) is 5.89. The van der Waals surface area contributed by atoms with Crippen molar-refractivity contribution in [3.05, 3.63) is 65.1 Å². The van der Waals surface area contributed by atoms with Gasteiger partial charge in [0, 0.05) is 23.4 Å². The van der Waals surface area contributed by atoms with Crippen molar-refractivity contribution in [3.8, 4) is 0 Å². The molecule has 1 heterocycles. The Hall–Kier alpha value is -2.36. The second-order valence-corrected chi connectivity index (χ2v) is 4.65. The highest BCUT2D eigenvalue weighted by atomic mass is 16.3. The Morgan fingerprint density at radius 3 is 2.58 bits per heavy atom. The van der Waals surface area contributed by atoms with Gasteiger partial charge in [-0.2, -0.15) is 5.43 Å². The molecule has 1 atom stereocenters. The van der Waals surface area contributed by atoms with Crippen LogP contribution in [0.2, 0.25) is 0 Å². The first-order valence-corrected chi connectivity index (χ1v) is 6.45. The predicted molar refractivity (Wildman–Crippen MR) is 75.2 cm³/mol. The number of rotatable bonds is 3. The summed E-state index contributed by atoms with van der Waals surface area (Å²) in [6, 6.07) is 17.9. The maximum absolute atomic E-state index is 11.6. The van der Waals surface area contributed by atoms with E-state index >= 15 is 0 Å². The third-order valence-corrected chi connectivity index (χ3v) is 3.30. The molecule has 2 aromatic rings. The average molecular weight is 254 g/mol. The molecule has 0 aliphatic carbocycles. The molecular formula is C15H16N3O+. The molecule has 19 heavy (non-hydrogen) atoms. The molecule has 1 saturated heterocycles. The van der Waals surface area contributed by atoms with Gasteiger partial charge in [-0.05, 0) is 24.3 Å². The Morgan fingerprint density at radius 1 is 1.05 bits per heavy atom. The number of nitrogens with zero attached hydrogens (tertiary/aromatic N) is 1. The lowest BCUT2D eigenvalue weighted by molar-refractivity contribution is -0.624. The molecule has 4 nitrogen and oxygen atoms in total. The molecule has 0 bridgehead atoms. The van der Waals surface area contributed by atoms with Crippen LogP contribution in [0, 0.1) is 4.91 Å². The average Bonchev–Trinajstić information content (AvgIpc) is 2.86. The molecule has 0 spiro atoms. The smallest absolute Gasteiger partial charge is 0.261 e. The Bertz CT molecular complexity index is 583. The van der Waals surface area contributed by atoms with Crippen molar-refractivity contribution in [1.29, 1.82) is 0 Å². The van der Waals surface area contributed by atoms with Crippen molar-refractivity contribution in [2.45, 2.75) is 12.5 Å². The lowest BCUT2D eigenvalue weighted by Crippen LogP contribution is -2.19. The zero-order valence-corrected chi connectivity index (χ0v) is 10.5. The second-order valence-electron chi connectivity index (χ2n) is 4.65. The van der Waals surface area contributed by atoms with Crippen molar-refractivity contribution < 1.29 is 4.87 Å². The topological polar surface area (TPSA) is 44.1 Å². The van der Waals surface area contributed by atoms with Crippen molar-refractivity contribution in [3.63, 3.8) is 0 Å². The van der Waals surface area contributed by atoms with E-state index in [1.807, 2.05) is 54.6 Å². The van der Waals surface area contributed by atoms with Gasteiger partial charge in [0.1, 0.15) is 4.87 Å². The molecule has 0 amide bonds. The predicted octanol–water partition coefficient (Wildman–Crippen LogP) is 3.16. The number of nitroso groups, excluding NO2 is 1. The van der Waals surface area contributed by atoms with Crippen LogP contribution in [0.1, 0.15) is 18.0 Å². The number of benzene rings is 2. The molecule has 0 saturated carbocycles. The maximum Gasteiger partial charge on any atom is 0.261 e. The van der Waals surface area contributed by atoms with Crippen LogP contribution in [-0.4, -0.2) is 11.4 Å². The Morgan fingerprint density at radius 2 is 1.84 bits per heavy atom. The van der Waals surface area contributed by atoms with Crippen LogP contribution in [-0.2, 0) is 0 Å². The second kappa shape index (κ2) is 5.10. The van der Waals surface area contributed by atoms with Crippen LogP contribution in [0.15, 0.2) is 54.6 Å². The van der Waals surface area contributed by atoms with Crippen LogP contribution < -0.4 is 10.7 Å². The fourth-order valence-corrected chi connectivity index (χ4v) is 2.35. The van der Waals surface area contributed by atoms with Gasteiger partial charge in [-0.15, -0.1) is 0 Å². The number of hydrogen-bond acceptors (Lipinski definition) is 2. The number of hydrazine groups is 1. The first-order valence-electron chi connectivity index (χ1n) is 6.45. The Kier molecular flexibility index (Phi) is 3.14. The highest BCUT2D eigenvalue weighted by Crippen LogP contribution is 2.26. The third kappa shape index (κ3) is 2.57. The number of anilines is 2. The molecular weight excluding hydrogens is 238 g/mol. The summed E-state index contributed by atoms with van der Waals surface area (Å²) in [5, 5.41) is 3.34. The molecule has 2 aromatic carbocycles. The minimum Gasteiger partial charge on any atom is -0.356 e. The molecule has 0 aromatic heterocycles. The quantitative estimate of drug-likeness (QED) is 0.827. The molecule has 1 aliphatic heterocycles. The van der Waals surface area contributed by atoms with Crippen molar-refractivity contribution in [2.75, 3.05) is 11.9 Å². The van der Waals surface area contributed by atoms with E-state index < -0.39 is 0 Å². The first kappa shape index (κ1) is 11.7. The molecule has 96 valence electrons. The summed E-state index contributed by atoms with van der Waals surface area (Å²) in [7, 11) is 0. The van der Waals surface area contributed by atoms with E-state index in [2.05, 4.69) is 10.7 Å². The summed E-state index contributed by atoms with van der Waals surface area (Å²) in [4.78, 5) is 12.6. The summed E-state index contributed by atoms with van der Waals surface area (Å²) in [6.45, 7) is 0.741.